The number of thiol groups is 1. The second-order valence-electron chi connectivity index (χ2n) is 4.12. The third kappa shape index (κ3) is 2.30. The SMILES string of the molecule is O=C1CC(CS)CN1c1c(Cl)cccc1[N+](=O)[O-]. The molecule has 1 atom stereocenters. The molecule has 1 heterocycles. The van der Waals surface area contributed by atoms with E-state index in [2.05, 4.69) is 12.6 Å². The Labute approximate surface area is 114 Å². The molecule has 0 spiro atoms. The summed E-state index contributed by atoms with van der Waals surface area (Å²) in [7, 11) is 0. The summed E-state index contributed by atoms with van der Waals surface area (Å²) in [6.45, 7) is 0.424. The summed E-state index contributed by atoms with van der Waals surface area (Å²) in [6, 6.07) is 4.40. The molecule has 96 valence electrons. The number of carbonyl (C=O) groups is 1. The first-order valence-electron chi connectivity index (χ1n) is 5.38. The van der Waals surface area contributed by atoms with Crippen LogP contribution in [0.3, 0.4) is 0 Å². The lowest BCUT2D eigenvalue weighted by Gasteiger charge is -2.17. The molecule has 1 aromatic carbocycles. The zero-order chi connectivity index (χ0) is 13.3. The van der Waals surface area contributed by atoms with Crippen LogP contribution in [0.1, 0.15) is 6.42 Å². The molecule has 1 unspecified atom stereocenters. The van der Waals surface area contributed by atoms with Gasteiger partial charge in [0.1, 0.15) is 5.69 Å². The predicted molar refractivity (Wildman–Crippen MR) is 72.4 cm³/mol. The Hall–Kier alpha value is -1.27. The fraction of sp³-hybridized carbons (Fsp3) is 0.364. The van der Waals surface area contributed by atoms with Crippen LogP contribution in [0.4, 0.5) is 11.4 Å². The number of hydrogen-bond acceptors (Lipinski definition) is 4. The van der Waals surface area contributed by atoms with Gasteiger partial charge in [0.05, 0.1) is 9.95 Å². The molecular weight excluding hydrogens is 276 g/mol. The number of carbonyl (C=O) groups excluding carboxylic acids is 1. The van der Waals surface area contributed by atoms with Crippen LogP contribution in [0.15, 0.2) is 18.2 Å². The van der Waals surface area contributed by atoms with Gasteiger partial charge in [-0.1, -0.05) is 17.7 Å². The van der Waals surface area contributed by atoms with Crippen LogP contribution < -0.4 is 4.90 Å². The summed E-state index contributed by atoms with van der Waals surface area (Å²) in [5.41, 5.74) is 0.0501. The van der Waals surface area contributed by atoms with E-state index in [1.165, 1.54) is 17.0 Å². The Balaban J connectivity index is 2.45. The number of anilines is 1. The third-order valence-corrected chi connectivity index (χ3v) is 3.72. The lowest BCUT2D eigenvalue weighted by Crippen LogP contribution is -2.25. The molecule has 1 aliphatic rings. The Bertz CT molecular complexity index is 509. The highest BCUT2D eigenvalue weighted by Gasteiger charge is 2.34. The summed E-state index contributed by atoms with van der Waals surface area (Å²) in [5, 5.41) is 11.2. The maximum absolute atomic E-state index is 11.9. The minimum absolute atomic E-state index is 0.108. The quantitative estimate of drug-likeness (QED) is 0.527. The van der Waals surface area contributed by atoms with E-state index in [9.17, 15) is 14.9 Å². The fourth-order valence-corrected chi connectivity index (χ4v) is 2.55. The number of nitrogens with zero attached hydrogens (tertiary/aromatic N) is 2. The monoisotopic (exact) mass is 286 g/mol. The molecule has 0 aromatic heterocycles. The molecule has 7 heteroatoms. The van der Waals surface area contributed by atoms with Gasteiger partial charge in [-0.15, -0.1) is 0 Å². The molecule has 1 aromatic rings. The predicted octanol–water partition coefficient (Wildman–Crippen LogP) is 2.53. The number of hydrogen-bond donors (Lipinski definition) is 1. The fourth-order valence-electron chi connectivity index (χ4n) is 2.04. The van der Waals surface area contributed by atoms with E-state index in [1.54, 1.807) is 6.07 Å². The summed E-state index contributed by atoms with van der Waals surface area (Å²) in [4.78, 5) is 23.7. The van der Waals surface area contributed by atoms with E-state index in [4.69, 9.17) is 11.6 Å². The smallest absolute Gasteiger partial charge is 0.294 e. The van der Waals surface area contributed by atoms with Gasteiger partial charge in [-0.05, 0) is 17.7 Å². The molecule has 0 radical (unpaired) electrons. The minimum atomic E-state index is -0.525. The number of nitro benzene ring substituents is 1. The lowest BCUT2D eigenvalue weighted by molar-refractivity contribution is -0.384. The van der Waals surface area contributed by atoms with Crippen molar-refractivity contribution >= 4 is 41.5 Å². The highest BCUT2D eigenvalue weighted by atomic mass is 35.5. The van der Waals surface area contributed by atoms with Crippen LogP contribution >= 0.6 is 24.2 Å². The van der Waals surface area contributed by atoms with Crippen molar-refractivity contribution in [2.75, 3.05) is 17.2 Å². The zero-order valence-corrected chi connectivity index (χ0v) is 11.0. The molecule has 18 heavy (non-hydrogen) atoms. The van der Waals surface area contributed by atoms with Gasteiger partial charge in [-0.25, -0.2) is 0 Å². The van der Waals surface area contributed by atoms with Gasteiger partial charge >= 0.3 is 0 Å². The highest BCUT2D eigenvalue weighted by molar-refractivity contribution is 7.80. The van der Waals surface area contributed by atoms with Crippen LogP contribution in [0.2, 0.25) is 5.02 Å². The molecule has 5 nitrogen and oxygen atoms in total. The van der Waals surface area contributed by atoms with Gasteiger partial charge in [0.15, 0.2) is 0 Å². The summed E-state index contributed by atoms with van der Waals surface area (Å²) in [6.07, 6.45) is 0.353. The zero-order valence-electron chi connectivity index (χ0n) is 9.38. The maximum atomic E-state index is 11.9. The second-order valence-corrected chi connectivity index (χ2v) is 4.89. The molecular formula is C11H11ClN2O3S. The van der Waals surface area contributed by atoms with Crippen molar-refractivity contribution < 1.29 is 9.72 Å². The number of halogens is 1. The number of para-hydroxylation sites is 1. The lowest BCUT2D eigenvalue weighted by atomic mass is 10.1. The second kappa shape index (κ2) is 5.16. The van der Waals surface area contributed by atoms with Gasteiger partial charge < -0.3 is 4.90 Å². The van der Waals surface area contributed by atoms with Crippen molar-refractivity contribution in [3.05, 3.63) is 33.3 Å². The molecule has 1 aliphatic heterocycles. The summed E-state index contributed by atoms with van der Waals surface area (Å²) in [5.74, 6) is 0.530. The molecule has 0 aliphatic carbocycles. The van der Waals surface area contributed by atoms with Crippen molar-refractivity contribution in [1.29, 1.82) is 0 Å². The molecule has 2 rings (SSSR count). The van der Waals surface area contributed by atoms with Crippen molar-refractivity contribution in [2.24, 2.45) is 5.92 Å². The van der Waals surface area contributed by atoms with Gasteiger partial charge in [-0.3, -0.25) is 14.9 Å². The van der Waals surface area contributed by atoms with E-state index in [1.807, 2.05) is 0 Å². The number of amides is 1. The topological polar surface area (TPSA) is 63.5 Å². The first-order chi connectivity index (χ1) is 8.54. The molecule has 0 bridgehead atoms. The average Bonchev–Trinajstić information content (AvgIpc) is 2.70. The molecule has 0 N–H and O–H groups in total. The standard InChI is InChI=1S/C11H11ClN2O3S/c12-8-2-1-3-9(14(16)17)11(8)13-5-7(6-18)4-10(13)15/h1-3,7,18H,4-6H2. The van der Waals surface area contributed by atoms with E-state index < -0.39 is 4.92 Å². The average molecular weight is 287 g/mol. The number of nitro groups is 1. The van der Waals surface area contributed by atoms with E-state index in [0.717, 1.165) is 0 Å². The Morgan fingerprint density at radius 2 is 2.28 bits per heavy atom. The van der Waals surface area contributed by atoms with Crippen LogP contribution in [0.5, 0.6) is 0 Å². The molecule has 1 fully saturated rings. The van der Waals surface area contributed by atoms with Gasteiger partial charge in [-0.2, -0.15) is 12.6 Å². The van der Waals surface area contributed by atoms with Gasteiger partial charge in [0, 0.05) is 19.0 Å². The molecule has 1 amide bonds. The first kappa shape index (κ1) is 13.2. The van der Waals surface area contributed by atoms with Crippen molar-refractivity contribution in [3.63, 3.8) is 0 Å². The summed E-state index contributed by atoms with van der Waals surface area (Å²) < 4.78 is 0. The molecule has 1 saturated heterocycles. The Kier molecular flexibility index (Phi) is 3.77. The third-order valence-electron chi connectivity index (χ3n) is 2.90. The Morgan fingerprint density at radius 1 is 1.56 bits per heavy atom. The van der Waals surface area contributed by atoms with E-state index in [0.29, 0.717) is 18.7 Å². The molecule has 0 saturated carbocycles. The summed E-state index contributed by atoms with van der Waals surface area (Å²) >= 11 is 10.1. The van der Waals surface area contributed by atoms with Gasteiger partial charge in [0.2, 0.25) is 5.91 Å². The largest absolute Gasteiger partial charge is 0.305 e. The van der Waals surface area contributed by atoms with Crippen LogP contribution in [-0.4, -0.2) is 23.1 Å². The maximum Gasteiger partial charge on any atom is 0.294 e. The Morgan fingerprint density at radius 3 is 2.83 bits per heavy atom. The van der Waals surface area contributed by atoms with Gasteiger partial charge in [0.25, 0.3) is 5.69 Å². The van der Waals surface area contributed by atoms with Crippen molar-refractivity contribution in [3.8, 4) is 0 Å². The minimum Gasteiger partial charge on any atom is -0.305 e. The van der Waals surface area contributed by atoms with E-state index >= 15 is 0 Å². The van der Waals surface area contributed by atoms with Crippen LogP contribution in [-0.2, 0) is 4.79 Å². The van der Waals surface area contributed by atoms with Crippen LogP contribution in [0, 0.1) is 16.0 Å². The number of benzene rings is 1. The van der Waals surface area contributed by atoms with E-state index in [-0.39, 0.29) is 28.2 Å². The van der Waals surface area contributed by atoms with Crippen LogP contribution in [0.25, 0.3) is 0 Å². The first-order valence-corrected chi connectivity index (χ1v) is 6.39. The normalized spacial score (nSPS) is 19.3. The number of rotatable bonds is 3. The highest BCUT2D eigenvalue weighted by Crippen LogP contribution is 2.38. The van der Waals surface area contributed by atoms with Crippen molar-refractivity contribution in [1.82, 2.24) is 0 Å². The van der Waals surface area contributed by atoms with Crippen molar-refractivity contribution in [2.45, 2.75) is 6.42 Å².